The van der Waals surface area contributed by atoms with Gasteiger partial charge in [-0.15, -0.1) is 0 Å². The van der Waals surface area contributed by atoms with Gasteiger partial charge in [0.2, 0.25) is 0 Å². The van der Waals surface area contributed by atoms with Gasteiger partial charge in [0.25, 0.3) is 10.0 Å². The normalized spacial score (nSPS) is 11.3. The molecule has 100 valence electrons. The first kappa shape index (κ1) is 13.2. The van der Waals surface area contributed by atoms with Crippen molar-refractivity contribution < 1.29 is 17.2 Å². The van der Waals surface area contributed by atoms with Gasteiger partial charge in [0.1, 0.15) is 4.90 Å². The van der Waals surface area contributed by atoms with E-state index >= 15 is 0 Å². The van der Waals surface area contributed by atoms with Crippen LogP contribution in [0.2, 0.25) is 0 Å². The molecule has 19 heavy (non-hydrogen) atoms. The highest BCUT2D eigenvalue weighted by Crippen LogP contribution is 2.21. The van der Waals surface area contributed by atoms with Gasteiger partial charge in [0.15, 0.2) is 11.6 Å². The van der Waals surface area contributed by atoms with E-state index in [1.54, 1.807) is 0 Å². The molecule has 2 rings (SSSR count). The fraction of sp³-hybridized carbons (Fsp3) is 0. The topological polar surface area (TPSA) is 85.1 Å². The molecular formula is C11H9F2N3O2S. The minimum Gasteiger partial charge on any atom is -0.398 e. The van der Waals surface area contributed by atoms with E-state index in [0.29, 0.717) is 0 Å². The predicted molar refractivity (Wildman–Crippen MR) is 65.8 cm³/mol. The zero-order valence-electron chi connectivity index (χ0n) is 9.47. The highest BCUT2D eigenvalue weighted by Gasteiger charge is 2.18. The summed E-state index contributed by atoms with van der Waals surface area (Å²) in [4.78, 5) is 3.42. The van der Waals surface area contributed by atoms with Crippen LogP contribution in [-0.4, -0.2) is 13.4 Å². The number of rotatable bonds is 3. The summed E-state index contributed by atoms with van der Waals surface area (Å²) < 4.78 is 51.8. The second-order valence-electron chi connectivity index (χ2n) is 3.65. The summed E-state index contributed by atoms with van der Waals surface area (Å²) in [6.45, 7) is 0. The summed E-state index contributed by atoms with van der Waals surface area (Å²) in [5, 5.41) is 0. The van der Waals surface area contributed by atoms with Crippen molar-refractivity contribution in [3.63, 3.8) is 0 Å². The van der Waals surface area contributed by atoms with Gasteiger partial charge >= 0.3 is 0 Å². The first-order chi connectivity index (χ1) is 8.90. The summed E-state index contributed by atoms with van der Waals surface area (Å²) in [6, 6.07) is 3.97. The van der Waals surface area contributed by atoms with Gasteiger partial charge in [-0.3, -0.25) is 9.71 Å². The Hall–Kier alpha value is -2.22. The van der Waals surface area contributed by atoms with E-state index in [1.807, 2.05) is 0 Å². The van der Waals surface area contributed by atoms with Crippen LogP contribution >= 0.6 is 0 Å². The number of hydrogen-bond donors (Lipinski definition) is 2. The molecule has 3 N–H and O–H groups in total. The number of hydrogen-bond acceptors (Lipinski definition) is 4. The van der Waals surface area contributed by atoms with Crippen LogP contribution in [0.3, 0.4) is 0 Å². The van der Waals surface area contributed by atoms with Crippen LogP contribution in [0.1, 0.15) is 0 Å². The second-order valence-corrected chi connectivity index (χ2v) is 5.30. The molecule has 0 aliphatic rings. The van der Waals surface area contributed by atoms with Crippen molar-refractivity contribution in [2.45, 2.75) is 4.90 Å². The third kappa shape index (κ3) is 2.79. The standard InChI is InChI=1S/C11H9F2N3O2S/c12-8-2-1-7(5-9(8)13)16-19(17,18)11-6-15-4-3-10(11)14/h1-6,16H,(H2,14,15). The largest absolute Gasteiger partial charge is 0.398 e. The number of halogens is 2. The first-order valence-corrected chi connectivity index (χ1v) is 6.56. The number of nitrogens with two attached hydrogens (primary N) is 1. The molecule has 8 heteroatoms. The summed E-state index contributed by atoms with van der Waals surface area (Å²) in [5.41, 5.74) is 5.42. The Morgan fingerprint density at radius 2 is 1.89 bits per heavy atom. The van der Waals surface area contributed by atoms with Gasteiger partial charge in [-0.25, -0.2) is 17.2 Å². The van der Waals surface area contributed by atoms with Gasteiger partial charge in [-0.1, -0.05) is 0 Å². The summed E-state index contributed by atoms with van der Waals surface area (Å²) in [7, 11) is -4.00. The lowest BCUT2D eigenvalue weighted by Gasteiger charge is -2.09. The van der Waals surface area contributed by atoms with Gasteiger partial charge in [0.05, 0.1) is 11.4 Å². The van der Waals surface area contributed by atoms with Crippen LogP contribution < -0.4 is 10.5 Å². The smallest absolute Gasteiger partial charge is 0.265 e. The lowest BCUT2D eigenvalue weighted by molar-refractivity contribution is 0.509. The third-order valence-electron chi connectivity index (χ3n) is 2.28. The molecule has 0 spiro atoms. The molecule has 0 fully saturated rings. The Morgan fingerprint density at radius 3 is 2.53 bits per heavy atom. The van der Waals surface area contributed by atoms with Crippen molar-refractivity contribution in [3.8, 4) is 0 Å². The van der Waals surface area contributed by atoms with Crippen molar-refractivity contribution in [2.75, 3.05) is 10.5 Å². The van der Waals surface area contributed by atoms with Crippen LogP contribution in [0, 0.1) is 11.6 Å². The van der Waals surface area contributed by atoms with E-state index in [4.69, 9.17) is 5.73 Å². The van der Waals surface area contributed by atoms with Crippen molar-refractivity contribution in [1.29, 1.82) is 0 Å². The molecule has 2 aromatic rings. The number of benzene rings is 1. The fourth-order valence-corrected chi connectivity index (χ4v) is 2.51. The van der Waals surface area contributed by atoms with Crippen molar-refractivity contribution in [1.82, 2.24) is 4.98 Å². The van der Waals surface area contributed by atoms with E-state index < -0.39 is 21.7 Å². The number of nitrogen functional groups attached to an aromatic ring is 1. The molecule has 1 aromatic heterocycles. The Balaban J connectivity index is 2.37. The summed E-state index contributed by atoms with van der Waals surface area (Å²) in [6.07, 6.45) is 2.41. The van der Waals surface area contributed by atoms with E-state index in [2.05, 4.69) is 9.71 Å². The maximum Gasteiger partial charge on any atom is 0.265 e. The quantitative estimate of drug-likeness (QED) is 0.899. The molecule has 0 aliphatic carbocycles. The minimum absolute atomic E-state index is 0.00471. The van der Waals surface area contributed by atoms with E-state index in [-0.39, 0.29) is 16.3 Å². The van der Waals surface area contributed by atoms with Crippen molar-refractivity contribution in [2.24, 2.45) is 0 Å². The van der Waals surface area contributed by atoms with Crippen LogP contribution in [0.25, 0.3) is 0 Å². The Morgan fingerprint density at radius 1 is 1.16 bits per heavy atom. The van der Waals surface area contributed by atoms with E-state index in [1.165, 1.54) is 12.3 Å². The van der Waals surface area contributed by atoms with Crippen molar-refractivity contribution >= 4 is 21.4 Å². The third-order valence-corrected chi connectivity index (χ3v) is 3.70. The SMILES string of the molecule is Nc1ccncc1S(=O)(=O)Nc1ccc(F)c(F)c1. The molecule has 0 radical (unpaired) electrons. The Kier molecular flexibility index (Phi) is 3.34. The zero-order valence-corrected chi connectivity index (χ0v) is 10.3. The highest BCUT2D eigenvalue weighted by molar-refractivity contribution is 7.92. The summed E-state index contributed by atoms with van der Waals surface area (Å²) >= 11 is 0. The lowest BCUT2D eigenvalue weighted by atomic mass is 10.3. The van der Waals surface area contributed by atoms with Crippen molar-refractivity contribution in [3.05, 3.63) is 48.3 Å². The molecule has 0 atom stereocenters. The van der Waals surface area contributed by atoms with E-state index in [0.717, 1.165) is 24.4 Å². The average molecular weight is 285 g/mol. The van der Waals surface area contributed by atoms with Gasteiger partial charge in [-0.2, -0.15) is 0 Å². The zero-order chi connectivity index (χ0) is 14.0. The maximum atomic E-state index is 13.0. The molecule has 1 aromatic carbocycles. The van der Waals surface area contributed by atoms with Crippen LogP contribution in [0.4, 0.5) is 20.2 Å². The maximum absolute atomic E-state index is 13.0. The number of sulfonamides is 1. The molecule has 0 amide bonds. The number of aromatic nitrogens is 1. The molecule has 0 aliphatic heterocycles. The van der Waals surface area contributed by atoms with Crippen LogP contribution in [0.15, 0.2) is 41.6 Å². The first-order valence-electron chi connectivity index (χ1n) is 5.07. The lowest BCUT2D eigenvalue weighted by Crippen LogP contribution is -2.15. The number of pyridine rings is 1. The van der Waals surface area contributed by atoms with Crippen LogP contribution in [0.5, 0.6) is 0 Å². The number of anilines is 2. The molecule has 0 saturated carbocycles. The number of nitrogens with zero attached hydrogens (tertiary/aromatic N) is 1. The molecular weight excluding hydrogens is 276 g/mol. The minimum atomic E-state index is -4.00. The molecule has 0 unspecified atom stereocenters. The monoisotopic (exact) mass is 285 g/mol. The Labute approximate surface area is 108 Å². The molecule has 0 saturated heterocycles. The molecule has 5 nitrogen and oxygen atoms in total. The second kappa shape index (κ2) is 4.81. The molecule has 0 bridgehead atoms. The number of nitrogens with one attached hydrogen (secondary N) is 1. The predicted octanol–water partition coefficient (Wildman–Crippen LogP) is 1.74. The highest BCUT2D eigenvalue weighted by atomic mass is 32.2. The van der Waals surface area contributed by atoms with Gasteiger partial charge < -0.3 is 5.73 Å². The van der Waals surface area contributed by atoms with Gasteiger partial charge in [-0.05, 0) is 18.2 Å². The average Bonchev–Trinajstić information content (AvgIpc) is 2.34. The van der Waals surface area contributed by atoms with Crippen LogP contribution in [-0.2, 0) is 10.0 Å². The van der Waals surface area contributed by atoms with E-state index in [9.17, 15) is 17.2 Å². The van der Waals surface area contributed by atoms with Gasteiger partial charge in [0, 0.05) is 18.5 Å². The Bertz CT molecular complexity index is 720. The fourth-order valence-electron chi connectivity index (χ4n) is 1.39. The molecule has 1 heterocycles. The summed E-state index contributed by atoms with van der Waals surface area (Å²) in [5.74, 6) is -2.22.